The average molecular weight is 412 g/mol. The SMILES string of the molecule is F[B-](F)(F)F.c1ccc2cc([PH+](C3CCCCC3)C3CCCCC3)ccc2c1. The van der Waals surface area contributed by atoms with E-state index in [-0.39, 0.29) is 0 Å². The van der Waals surface area contributed by atoms with Crippen LogP contribution in [-0.4, -0.2) is 18.6 Å². The lowest BCUT2D eigenvalue weighted by atomic mass is 9.99. The Bertz CT molecular complexity index is 713. The molecule has 0 spiro atoms. The summed E-state index contributed by atoms with van der Waals surface area (Å²) >= 11 is 0. The van der Waals surface area contributed by atoms with Crippen LogP contribution >= 0.6 is 7.92 Å². The molecule has 28 heavy (non-hydrogen) atoms. The van der Waals surface area contributed by atoms with Gasteiger partial charge in [0.25, 0.3) is 0 Å². The van der Waals surface area contributed by atoms with Crippen molar-refractivity contribution in [2.45, 2.75) is 75.5 Å². The van der Waals surface area contributed by atoms with Gasteiger partial charge in [-0.3, -0.25) is 0 Å². The van der Waals surface area contributed by atoms with Crippen molar-refractivity contribution in [3.8, 4) is 0 Å². The molecule has 0 N–H and O–H groups in total. The third kappa shape index (κ3) is 6.47. The topological polar surface area (TPSA) is 0 Å². The van der Waals surface area contributed by atoms with Crippen LogP contribution in [0.5, 0.6) is 0 Å². The van der Waals surface area contributed by atoms with E-state index >= 15 is 0 Å². The summed E-state index contributed by atoms with van der Waals surface area (Å²) in [5, 5.41) is 4.61. The second kappa shape index (κ2) is 10.1. The number of hydrogen-bond donors (Lipinski definition) is 0. The third-order valence-corrected chi connectivity index (χ3v) is 10.1. The summed E-state index contributed by atoms with van der Waals surface area (Å²) in [6, 6.07) is 16.4. The first-order valence-corrected chi connectivity index (χ1v) is 12.3. The van der Waals surface area contributed by atoms with Crippen molar-refractivity contribution in [1.29, 1.82) is 0 Å². The number of fused-ring (bicyclic) bond motifs is 1. The third-order valence-electron chi connectivity index (χ3n) is 6.17. The van der Waals surface area contributed by atoms with Gasteiger partial charge in [0.2, 0.25) is 0 Å². The lowest BCUT2D eigenvalue weighted by molar-refractivity contribution is 0.368. The Kier molecular flexibility index (Phi) is 7.80. The van der Waals surface area contributed by atoms with E-state index in [1.165, 1.54) is 75.0 Å². The molecule has 0 saturated heterocycles. The van der Waals surface area contributed by atoms with Crippen molar-refractivity contribution < 1.29 is 17.3 Å². The summed E-state index contributed by atoms with van der Waals surface area (Å²) in [5.74, 6) is 0. The quantitative estimate of drug-likeness (QED) is 0.276. The van der Waals surface area contributed by atoms with Crippen LogP contribution in [0.3, 0.4) is 0 Å². The molecule has 0 atom stereocenters. The second-order valence-corrected chi connectivity index (χ2v) is 11.3. The highest BCUT2D eigenvalue weighted by Crippen LogP contribution is 2.55. The van der Waals surface area contributed by atoms with Crippen LogP contribution in [0.15, 0.2) is 42.5 Å². The minimum Gasteiger partial charge on any atom is -0.418 e. The van der Waals surface area contributed by atoms with Crippen LogP contribution < -0.4 is 5.30 Å². The molecular weight excluding hydrogens is 382 g/mol. The molecule has 4 rings (SSSR count). The van der Waals surface area contributed by atoms with Gasteiger partial charge in [-0.2, -0.15) is 0 Å². The Hall–Kier alpha value is -1.09. The van der Waals surface area contributed by atoms with E-state index < -0.39 is 15.2 Å². The first-order valence-electron chi connectivity index (χ1n) is 10.6. The molecule has 2 aromatic rings. The molecule has 2 saturated carbocycles. The van der Waals surface area contributed by atoms with Gasteiger partial charge in [0, 0.05) is 7.92 Å². The number of rotatable bonds is 3. The predicted molar refractivity (Wildman–Crippen MR) is 116 cm³/mol. The van der Waals surface area contributed by atoms with Crippen molar-refractivity contribution in [2.75, 3.05) is 0 Å². The van der Waals surface area contributed by atoms with Crippen molar-refractivity contribution >= 4 is 31.3 Å². The van der Waals surface area contributed by atoms with Gasteiger partial charge >= 0.3 is 7.25 Å². The van der Waals surface area contributed by atoms with Gasteiger partial charge < -0.3 is 17.3 Å². The lowest BCUT2D eigenvalue weighted by Gasteiger charge is -2.32. The largest absolute Gasteiger partial charge is 0.673 e. The van der Waals surface area contributed by atoms with Crippen molar-refractivity contribution in [3.63, 3.8) is 0 Å². The molecule has 0 bridgehead atoms. The maximum atomic E-state index is 9.75. The molecule has 2 aliphatic carbocycles. The summed E-state index contributed by atoms with van der Waals surface area (Å²) < 4.78 is 39.0. The van der Waals surface area contributed by atoms with Crippen LogP contribution in [0.4, 0.5) is 17.3 Å². The van der Waals surface area contributed by atoms with Gasteiger partial charge in [-0.15, -0.1) is 0 Å². The van der Waals surface area contributed by atoms with Crippen molar-refractivity contribution in [2.24, 2.45) is 0 Å². The molecule has 2 aromatic carbocycles. The molecule has 0 nitrogen and oxygen atoms in total. The highest BCUT2D eigenvalue weighted by atomic mass is 31.1. The fraction of sp³-hybridized carbons (Fsp3) is 0.545. The van der Waals surface area contributed by atoms with Gasteiger partial charge in [-0.25, -0.2) is 0 Å². The zero-order valence-electron chi connectivity index (χ0n) is 16.4. The molecule has 0 aromatic heterocycles. The average Bonchev–Trinajstić information content (AvgIpc) is 2.69. The van der Waals surface area contributed by atoms with Gasteiger partial charge in [0.15, 0.2) is 0 Å². The Morgan fingerprint density at radius 3 is 1.61 bits per heavy atom. The summed E-state index contributed by atoms with van der Waals surface area (Å²) in [5.41, 5.74) is 2.08. The highest BCUT2D eigenvalue weighted by Gasteiger charge is 2.39. The smallest absolute Gasteiger partial charge is 0.418 e. The molecule has 0 amide bonds. The van der Waals surface area contributed by atoms with Gasteiger partial charge in [0.1, 0.15) is 0 Å². The minimum atomic E-state index is -6.00. The van der Waals surface area contributed by atoms with E-state index in [2.05, 4.69) is 42.5 Å². The highest BCUT2D eigenvalue weighted by molar-refractivity contribution is 7.67. The summed E-state index contributed by atoms with van der Waals surface area (Å²) in [7, 11) is -6.41. The van der Waals surface area contributed by atoms with E-state index in [4.69, 9.17) is 0 Å². The standard InChI is InChI=1S/C22H29P.BF4/c1-3-11-20(12-4-1)23(21-13-5-2-6-14-21)22-16-15-18-9-7-8-10-19(18)17-22;2-1(3,4)5/h7-10,15-17,20-21H,1-6,11-14H2;/q;-1/p+1. The Labute approximate surface area is 167 Å². The molecule has 154 valence electrons. The van der Waals surface area contributed by atoms with Crippen LogP contribution in [0.1, 0.15) is 64.2 Å². The van der Waals surface area contributed by atoms with Gasteiger partial charge in [-0.1, -0.05) is 43.2 Å². The van der Waals surface area contributed by atoms with Gasteiger partial charge in [0.05, 0.1) is 16.6 Å². The maximum absolute atomic E-state index is 9.75. The normalized spacial score (nSPS) is 19.5. The molecule has 0 aliphatic heterocycles. The lowest BCUT2D eigenvalue weighted by Crippen LogP contribution is -2.26. The molecule has 6 heteroatoms. The molecule has 0 heterocycles. The molecular formula is C22H30BF4P. The van der Waals surface area contributed by atoms with E-state index in [9.17, 15) is 17.3 Å². The van der Waals surface area contributed by atoms with Crippen molar-refractivity contribution in [1.82, 2.24) is 0 Å². The van der Waals surface area contributed by atoms with Crippen LogP contribution in [0, 0.1) is 0 Å². The van der Waals surface area contributed by atoms with E-state index in [0.717, 1.165) is 11.3 Å². The number of hydrogen-bond acceptors (Lipinski definition) is 0. The van der Waals surface area contributed by atoms with Crippen LogP contribution in [0.2, 0.25) is 0 Å². The Morgan fingerprint density at radius 2 is 1.11 bits per heavy atom. The van der Waals surface area contributed by atoms with Crippen molar-refractivity contribution in [3.05, 3.63) is 42.5 Å². The van der Waals surface area contributed by atoms with E-state index in [1.807, 2.05) is 0 Å². The van der Waals surface area contributed by atoms with Gasteiger partial charge in [-0.05, 0) is 74.3 Å². The maximum Gasteiger partial charge on any atom is 0.673 e. The zero-order valence-corrected chi connectivity index (χ0v) is 17.4. The minimum absolute atomic E-state index is 0.414. The summed E-state index contributed by atoms with van der Waals surface area (Å²) in [4.78, 5) is 0. The first-order chi connectivity index (χ1) is 13.4. The molecule has 0 radical (unpaired) electrons. The Morgan fingerprint density at radius 1 is 0.643 bits per heavy atom. The summed E-state index contributed by atoms with van der Waals surface area (Å²) in [6.07, 6.45) is 14.9. The van der Waals surface area contributed by atoms with Crippen LogP contribution in [-0.2, 0) is 0 Å². The Balaban J connectivity index is 0.000000403. The molecule has 0 unspecified atom stereocenters. The number of halogens is 4. The fourth-order valence-corrected chi connectivity index (χ4v) is 9.27. The molecule has 2 aliphatic rings. The predicted octanol–water partition coefficient (Wildman–Crippen LogP) is 7.64. The van der Waals surface area contributed by atoms with E-state index in [1.54, 1.807) is 5.30 Å². The zero-order chi connectivity index (χ0) is 20.0. The molecule has 2 fully saturated rings. The fourth-order valence-electron chi connectivity index (χ4n) is 5.00. The van der Waals surface area contributed by atoms with Crippen LogP contribution in [0.25, 0.3) is 10.8 Å². The monoisotopic (exact) mass is 412 g/mol. The first kappa shape index (κ1) is 21.6. The second-order valence-electron chi connectivity index (χ2n) is 8.18. The number of benzene rings is 2. The van der Waals surface area contributed by atoms with E-state index in [0.29, 0.717) is 0 Å². The summed E-state index contributed by atoms with van der Waals surface area (Å²) in [6.45, 7) is 0.